The lowest BCUT2D eigenvalue weighted by molar-refractivity contribution is -0.111. The van der Waals surface area contributed by atoms with Gasteiger partial charge in [-0.05, 0) is 41.0 Å². The van der Waals surface area contributed by atoms with Gasteiger partial charge in [-0.2, -0.15) is 0 Å². The van der Waals surface area contributed by atoms with E-state index >= 15 is 0 Å². The van der Waals surface area contributed by atoms with Crippen LogP contribution in [-0.2, 0) is 14.3 Å². The SMILES string of the molecule is CC(C)OC(C)CC(OC(C)C)C(O)CCC=O. The zero-order chi connectivity index (χ0) is 14.1. The molecule has 3 unspecified atom stereocenters. The first-order chi connectivity index (χ1) is 8.36. The third-order valence-electron chi connectivity index (χ3n) is 2.53. The van der Waals surface area contributed by atoms with Gasteiger partial charge in [0.25, 0.3) is 0 Å². The van der Waals surface area contributed by atoms with Crippen molar-refractivity contribution in [2.45, 2.75) is 84.4 Å². The summed E-state index contributed by atoms with van der Waals surface area (Å²) in [7, 11) is 0. The summed E-state index contributed by atoms with van der Waals surface area (Å²) in [4.78, 5) is 10.3. The number of hydrogen-bond acceptors (Lipinski definition) is 4. The minimum Gasteiger partial charge on any atom is -0.390 e. The van der Waals surface area contributed by atoms with E-state index in [2.05, 4.69) is 0 Å². The van der Waals surface area contributed by atoms with Crippen molar-refractivity contribution in [3.05, 3.63) is 0 Å². The lowest BCUT2D eigenvalue weighted by Gasteiger charge is -2.28. The molecule has 0 aliphatic carbocycles. The van der Waals surface area contributed by atoms with E-state index in [1.807, 2.05) is 34.6 Å². The van der Waals surface area contributed by atoms with Gasteiger partial charge in [0.1, 0.15) is 6.29 Å². The fourth-order valence-corrected chi connectivity index (χ4v) is 1.92. The highest BCUT2D eigenvalue weighted by molar-refractivity contribution is 5.49. The molecule has 1 N–H and O–H groups in total. The number of ether oxygens (including phenoxy) is 2. The molecule has 0 radical (unpaired) electrons. The van der Waals surface area contributed by atoms with Crippen molar-refractivity contribution in [1.82, 2.24) is 0 Å². The Balaban J connectivity index is 4.32. The van der Waals surface area contributed by atoms with Gasteiger partial charge < -0.3 is 19.4 Å². The van der Waals surface area contributed by atoms with Crippen LogP contribution in [0.5, 0.6) is 0 Å². The van der Waals surface area contributed by atoms with Gasteiger partial charge >= 0.3 is 0 Å². The molecule has 4 nitrogen and oxygen atoms in total. The molecule has 18 heavy (non-hydrogen) atoms. The van der Waals surface area contributed by atoms with Gasteiger partial charge in [-0.3, -0.25) is 0 Å². The first-order valence-corrected chi connectivity index (χ1v) is 6.79. The van der Waals surface area contributed by atoms with E-state index in [9.17, 15) is 9.90 Å². The molecule has 0 aromatic carbocycles. The summed E-state index contributed by atoms with van der Waals surface area (Å²) < 4.78 is 11.4. The van der Waals surface area contributed by atoms with Crippen molar-refractivity contribution in [3.8, 4) is 0 Å². The Hall–Kier alpha value is -0.450. The Kier molecular flexibility index (Phi) is 9.24. The van der Waals surface area contributed by atoms with Crippen molar-refractivity contribution >= 4 is 6.29 Å². The highest BCUT2D eigenvalue weighted by Gasteiger charge is 2.23. The zero-order valence-electron chi connectivity index (χ0n) is 12.3. The van der Waals surface area contributed by atoms with Gasteiger partial charge in [0.2, 0.25) is 0 Å². The van der Waals surface area contributed by atoms with Crippen LogP contribution in [0.15, 0.2) is 0 Å². The number of aliphatic hydroxyl groups is 1. The van der Waals surface area contributed by atoms with Crippen LogP contribution in [-0.4, -0.2) is 41.9 Å². The molecule has 0 aromatic heterocycles. The van der Waals surface area contributed by atoms with E-state index in [-0.39, 0.29) is 24.4 Å². The number of carbonyl (C=O) groups excluding carboxylic acids is 1. The molecule has 0 amide bonds. The molecule has 0 saturated heterocycles. The van der Waals surface area contributed by atoms with Crippen molar-refractivity contribution < 1.29 is 19.4 Å². The molecule has 3 atom stereocenters. The maximum Gasteiger partial charge on any atom is 0.120 e. The maximum atomic E-state index is 10.3. The van der Waals surface area contributed by atoms with Gasteiger partial charge in [0.05, 0.1) is 30.5 Å². The maximum absolute atomic E-state index is 10.3. The Labute approximate surface area is 111 Å². The van der Waals surface area contributed by atoms with E-state index in [0.717, 1.165) is 6.29 Å². The van der Waals surface area contributed by atoms with Crippen LogP contribution in [0.3, 0.4) is 0 Å². The average molecular weight is 260 g/mol. The normalized spacial score (nSPS) is 16.9. The first-order valence-electron chi connectivity index (χ1n) is 6.79. The van der Waals surface area contributed by atoms with Gasteiger partial charge in [-0.25, -0.2) is 0 Å². The summed E-state index contributed by atoms with van der Waals surface area (Å²) in [5, 5.41) is 10.0. The highest BCUT2D eigenvalue weighted by Crippen LogP contribution is 2.16. The number of rotatable bonds is 10. The second-order valence-corrected chi connectivity index (χ2v) is 5.27. The predicted octanol–water partition coefficient (Wildman–Crippen LogP) is 2.32. The van der Waals surface area contributed by atoms with Crippen LogP contribution >= 0.6 is 0 Å². The number of hydrogen-bond donors (Lipinski definition) is 1. The highest BCUT2D eigenvalue weighted by atomic mass is 16.5. The molecule has 0 fully saturated rings. The Morgan fingerprint density at radius 3 is 2.06 bits per heavy atom. The molecular formula is C14H28O4. The molecule has 0 heterocycles. The van der Waals surface area contributed by atoms with Crippen LogP contribution in [0.25, 0.3) is 0 Å². The van der Waals surface area contributed by atoms with Crippen LogP contribution in [0, 0.1) is 0 Å². The van der Waals surface area contributed by atoms with Crippen LogP contribution < -0.4 is 0 Å². The van der Waals surface area contributed by atoms with E-state index in [4.69, 9.17) is 9.47 Å². The van der Waals surface area contributed by atoms with Crippen molar-refractivity contribution in [2.75, 3.05) is 0 Å². The molecule has 108 valence electrons. The number of aldehydes is 1. The smallest absolute Gasteiger partial charge is 0.120 e. The van der Waals surface area contributed by atoms with E-state index in [1.165, 1.54) is 0 Å². The van der Waals surface area contributed by atoms with Crippen LogP contribution in [0.4, 0.5) is 0 Å². The molecule has 0 spiro atoms. The summed E-state index contributed by atoms with van der Waals surface area (Å²) in [6.45, 7) is 9.82. The summed E-state index contributed by atoms with van der Waals surface area (Å²) >= 11 is 0. The van der Waals surface area contributed by atoms with Crippen LogP contribution in [0.2, 0.25) is 0 Å². The molecule has 0 rings (SSSR count). The minimum atomic E-state index is -0.615. The fraction of sp³-hybridized carbons (Fsp3) is 0.929. The standard InChI is InChI=1S/C14H28O4/c1-10(2)17-12(5)9-14(18-11(3)4)13(16)7-6-8-15/h8,10-14,16H,6-7,9H2,1-5H3. The largest absolute Gasteiger partial charge is 0.390 e. The van der Waals surface area contributed by atoms with Gasteiger partial charge in [0, 0.05) is 12.8 Å². The van der Waals surface area contributed by atoms with Crippen molar-refractivity contribution in [1.29, 1.82) is 0 Å². The molecule has 0 bridgehead atoms. The second kappa shape index (κ2) is 9.48. The third kappa shape index (κ3) is 8.61. The lowest BCUT2D eigenvalue weighted by atomic mass is 10.0. The fourth-order valence-electron chi connectivity index (χ4n) is 1.92. The Morgan fingerprint density at radius 1 is 1.06 bits per heavy atom. The zero-order valence-corrected chi connectivity index (χ0v) is 12.3. The summed E-state index contributed by atoms with van der Waals surface area (Å²) in [5.41, 5.74) is 0. The molecule has 0 aliphatic rings. The second-order valence-electron chi connectivity index (χ2n) is 5.27. The number of carbonyl (C=O) groups is 1. The monoisotopic (exact) mass is 260 g/mol. The third-order valence-corrected chi connectivity index (χ3v) is 2.53. The van der Waals surface area contributed by atoms with Crippen LogP contribution in [0.1, 0.15) is 53.9 Å². The summed E-state index contributed by atoms with van der Waals surface area (Å²) in [6, 6.07) is 0. The van der Waals surface area contributed by atoms with Crippen molar-refractivity contribution in [2.24, 2.45) is 0 Å². The van der Waals surface area contributed by atoms with E-state index in [1.54, 1.807) is 0 Å². The van der Waals surface area contributed by atoms with Gasteiger partial charge in [0.15, 0.2) is 0 Å². The van der Waals surface area contributed by atoms with Gasteiger partial charge in [-0.15, -0.1) is 0 Å². The summed E-state index contributed by atoms with van der Waals surface area (Å²) in [6.07, 6.45) is 1.60. The summed E-state index contributed by atoms with van der Waals surface area (Å²) in [5.74, 6) is 0. The topological polar surface area (TPSA) is 55.8 Å². The average Bonchev–Trinajstić information content (AvgIpc) is 2.23. The molecular weight excluding hydrogens is 232 g/mol. The molecule has 0 aliphatic heterocycles. The van der Waals surface area contributed by atoms with E-state index in [0.29, 0.717) is 19.3 Å². The lowest BCUT2D eigenvalue weighted by Crippen LogP contribution is -2.35. The quantitative estimate of drug-likeness (QED) is 0.612. The molecule has 0 aromatic rings. The Morgan fingerprint density at radius 2 is 1.61 bits per heavy atom. The minimum absolute atomic E-state index is 0.0274. The van der Waals surface area contributed by atoms with Gasteiger partial charge in [-0.1, -0.05) is 0 Å². The predicted molar refractivity (Wildman–Crippen MR) is 71.6 cm³/mol. The molecule has 0 saturated carbocycles. The molecule has 4 heteroatoms. The Bertz CT molecular complexity index is 216. The number of aliphatic hydroxyl groups excluding tert-OH is 1. The van der Waals surface area contributed by atoms with Crippen molar-refractivity contribution in [3.63, 3.8) is 0 Å². The van der Waals surface area contributed by atoms with E-state index < -0.39 is 6.10 Å². The first kappa shape index (κ1) is 17.6.